The van der Waals surface area contributed by atoms with E-state index in [0.29, 0.717) is 30.5 Å². The molecule has 5 nitrogen and oxygen atoms in total. The Hall–Kier alpha value is -1.95. The molecule has 0 fully saturated rings. The lowest BCUT2D eigenvalue weighted by Gasteiger charge is -2.33. The number of phenolic OH excluding ortho intramolecular Hbond substituents is 1. The Kier molecular flexibility index (Phi) is 6.86. The van der Waals surface area contributed by atoms with Crippen molar-refractivity contribution in [3.05, 3.63) is 47.0 Å². The summed E-state index contributed by atoms with van der Waals surface area (Å²) in [4.78, 5) is 14.7. The molecule has 1 amide bonds. The monoisotopic (exact) mass is 424 g/mol. The standard InChI is InChI=1S/C21H25ClN2O3.ClH/c1-13(2)21(3,23)20(26)24-7-8-27-19-16(12-24)9-15(11-18(19)25)14-5-4-6-17(22)10-14;/h4-6,9-11,13,25H,7-8,12,23H2,1-3H3;1H. The number of hydrogen-bond acceptors (Lipinski definition) is 4. The van der Waals surface area contributed by atoms with Crippen LogP contribution in [0.1, 0.15) is 26.3 Å². The van der Waals surface area contributed by atoms with Crippen LogP contribution in [0.4, 0.5) is 0 Å². The Morgan fingerprint density at radius 3 is 2.64 bits per heavy atom. The fourth-order valence-corrected chi connectivity index (χ4v) is 3.28. The predicted molar refractivity (Wildman–Crippen MR) is 114 cm³/mol. The summed E-state index contributed by atoms with van der Waals surface area (Å²) in [6.45, 7) is 6.67. The molecule has 2 aromatic rings. The smallest absolute Gasteiger partial charge is 0.243 e. The number of ether oxygens (including phenoxy) is 1. The molecule has 0 saturated carbocycles. The maximum Gasteiger partial charge on any atom is 0.243 e. The zero-order chi connectivity index (χ0) is 19.8. The summed E-state index contributed by atoms with van der Waals surface area (Å²) in [6, 6.07) is 11.0. The minimum absolute atomic E-state index is 0. The van der Waals surface area contributed by atoms with Gasteiger partial charge in [-0.1, -0.05) is 37.6 Å². The first-order valence-corrected chi connectivity index (χ1v) is 9.41. The van der Waals surface area contributed by atoms with E-state index in [1.807, 2.05) is 38.1 Å². The molecule has 3 N–H and O–H groups in total. The molecule has 0 aliphatic carbocycles. The molecule has 1 unspecified atom stereocenters. The van der Waals surface area contributed by atoms with E-state index < -0.39 is 5.54 Å². The number of benzene rings is 2. The number of amides is 1. The molecule has 1 heterocycles. The van der Waals surface area contributed by atoms with Crippen molar-refractivity contribution in [2.24, 2.45) is 11.7 Å². The number of rotatable bonds is 3. The fourth-order valence-electron chi connectivity index (χ4n) is 3.09. The number of carbonyl (C=O) groups is 1. The van der Waals surface area contributed by atoms with Crippen LogP contribution in [-0.4, -0.2) is 34.6 Å². The molecule has 1 aliphatic heterocycles. The van der Waals surface area contributed by atoms with Gasteiger partial charge in [0.05, 0.1) is 12.1 Å². The fraction of sp³-hybridized carbons (Fsp3) is 0.381. The molecule has 2 aromatic carbocycles. The van der Waals surface area contributed by atoms with Crippen molar-refractivity contribution in [2.75, 3.05) is 13.2 Å². The molecule has 28 heavy (non-hydrogen) atoms. The average Bonchev–Trinajstić information content (AvgIpc) is 2.83. The first kappa shape index (κ1) is 22.3. The normalized spacial score (nSPS) is 15.7. The molecule has 1 atom stereocenters. The highest BCUT2D eigenvalue weighted by molar-refractivity contribution is 6.30. The van der Waals surface area contributed by atoms with Gasteiger partial charge < -0.3 is 20.5 Å². The first-order chi connectivity index (χ1) is 12.7. The van der Waals surface area contributed by atoms with Gasteiger partial charge in [-0.25, -0.2) is 0 Å². The Morgan fingerprint density at radius 1 is 1.29 bits per heavy atom. The second-order valence-corrected chi connectivity index (χ2v) is 7.94. The number of nitrogens with zero attached hydrogens (tertiary/aromatic N) is 1. The van der Waals surface area contributed by atoms with Crippen molar-refractivity contribution in [3.8, 4) is 22.6 Å². The summed E-state index contributed by atoms with van der Waals surface area (Å²) in [5, 5.41) is 11.1. The van der Waals surface area contributed by atoms with Crippen LogP contribution in [0.2, 0.25) is 5.02 Å². The quantitative estimate of drug-likeness (QED) is 0.772. The topological polar surface area (TPSA) is 75.8 Å². The SMILES string of the molecule is CC(C)C(C)(N)C(=O)N1CCOc2c(O)cc(-c3cccc(Cl)c3)cc2C1.Cl. The lowest BCUT2D eigenvalue weighted by Crippen LogP contribution is -2.56. The molecule has 0 radical (unpaired) electrons. The van der Waals surface area contributed by atoms with E-state index in [-0.39, 0.29) is 30.0 Å². The lowest BCUT2D eigenvalue weighted by molar-refractivity contribution is -0.138. The van der Waals surface area contributed by atoms with Crippen LogP contribution >= 0.6 is 24.0 Å². The number of aromatic hydroxyl groups is 1. The third-order valence-electron chi connectivity index (χ3n) is 5.22. The van der Waals surface area contributed by atoms with Crippen LogP contribution in [0, 0.1) is 5.92 Å². The highest BCUT2D eigenvalue weighted by Crippen LogP contribution is 2.38. The molecular formula is C21H26Cl2N2O3. The third-order valence-corrected chi connectivity index (χ3v) is 5.46. The predicted octanol–water partition coefficient (Wildman–Crippen LogP) is 4.23. The first-order valence-electron chi connectivity index (χ1n) is 9.03. The van der Waals surface area contributed by atoms with Crippen LogP contribution in [0.5, 0.6) is 11.5 Å². The molecule has 1 aliphatic rings. The van der Waals surface area contributed by atoms with Gasteiger partial charge in [-0.3, -0.25) is 4.79 Å². The summed E-state index contributed by atoms with van der Waals surface area (Å²) in [6.07, 6.45) is 0. The van der Waals surface area contributed by atoms with Gasteiger partial charge in [0.2, 0.25) is 5.91 Å². The second kappa shape index (κ2) is 8.60. The molecule has 0 bridgehead atoms. The molecule has 152 valence electrons. The van der Waals surface area contributed by atoms with Crippen molar-refractivity contribution in [3.63, 3.8) is 0 Å². The van der Waals surface area contributed by atoms with Crippen molar-refractivity contribution in [1.82, 2.24) is 4.90 Å². The minimum atomic E-state index is -0.961. The Bertz CT molecular complexity index is 869. The highest BCUT2D eigenvalue weighted by atomic mass is 35.5. The van der Waals surface area contributed by atoms with Gasteiger partial charge in [-0.2, -0.15) is 0 Å². The maximum atomic E-state index is 13.0. The van der Waals surface area contributed by atoms with Crippen LogP contribution in [-0.2, 0) is 11.3 Å². The minimum Gasteiger partial charge on any atom is -0.504 e. The average molecular weight is 425 g/mol. The summed E-state index contributed by atoms with van der Waals surface area (Å²) in [5.74, 6) is 0.344. The van der Waals surface area contributed by atoms with Gasteiger partial charge in [0.1, 0.15) is 6.61 Å². The summed E-state index contributed by atoms with van der Waals surface area (Å²) in [7, 11) is 0. The zero-order valence-electron chi connectivity index (χ0n) is 16.2. The Labute approximate surface area is 176 Å². The molecule has 3 rings (SSSR count). The molecule has 0 spiro atoms. The summed E-state index contributed by atoms with van der Waals surface area (Å²) < 4.78 is 5.74. The maximum absolute atomic E-state index is 13.0. The van der Waals surface area contributed by atoms with E-state index >= 15 is 0 Å². The second-order valence-electron chi connectivity index (χ2n) is 7.51. The van der Waals surface area contributed by atoms with E-state index in [2.05, 4.69) is 0 Å². The van der Waals surface area contributed by atoms with E-state index in [1.165, 1.54) is 0 Å². The third kappa shape index (κ3) is 4.37. The van der Waals surface area contributed by atoms with Gasteiger partial charge >= 0.3 is 0 Å². The van der Waals surface area contributed by atoms with Crippen molar-refractivity contribution >= 4 is 29.9 Å². The largest absolute Gasteiger partial charge is 0.504 e. The molecule has 0 saturated heterocycles. The number of hydrogen-bond donors (Lipinski definition) is 2. The number of carbonyl (C=O) groups excluding carboxylic acids is 1. The molecule has 0 aromatic heterocycles. The van der Waals surface area contributed by atoms with Crippen molar-refractivity contribution in [2.45, 2.75) is 32.9 Å². The van der Waals surface area contributed by atoms with Crippen molar-refractivity contribution < 1.29 is 14.6 Å². The van der Waals surface area contributed by atoms with Crippen LogP contribution < -0.4 is 10.5 Å². The number of phenols is 1. The van der Waals surface area contributed by atoms with Gasteiger partial charge in [-0.15, -0.1) is 12.4 Å². The van der Waals surface area contributed by atoms with E-state index in [1.54, 1.807) is 24.0 Å². The lowest BCUT2D eigenvalue weighted by atomic mass is 9.88. The Morgan fingerprint density at radius 2 is 2.00 bits per heavy atom. The molecular weight excluding hydrogens is 399 g/mol. The van der Waals surface area contributed by atoms with Crippen LogP contribution in [0.15, 0.2) is 36.4 Å². The van der Waals surface area contributed by atoms with Gasteiger partial charge in [-0.05, 0) is 48.2 Å². The number of fused-ring (bicyclic) bond motifs is 1. The van der Waals surface area contributed by atoms with Gasteiger partial charge in [0.25, 0.3) is 0 Å². The Balaban J connectivity index is 0.00000280. The highest BCUT2D eigenvalue weighted by Gasteiger charge is 2.36. The van der Waals surface area contributed by atoms with Crippen LogP contribution in [0.25, 0.3) is 11.1 Å². The number of nitrogens with two attached hydrogens (primary N) is 1. The van der Waals surface area contributed by atoms with E-state index in [4.69, 9.17) is 22.1 Å². The van der Waals surface area contributed by atoms with E-state index in [9.17, 15) is 9.90 Å². The summed E-state index contributed by atoms with van der Waals surface area (Å²) >= 11 is 6.09. The van der Waals surface area contributed by atoms with Gasteiger partial charge in [0, 0.05) is 17.1 Å². The van der Waals surface area contributed by atoms with Crippen LogP contribution in [0.3, 0.4) is 0 Å². The number of halogens is 2. The van der Waals surface area contributed by atoms with E-state index in [0.717, 1.165) is 16.7 Å². The van der Waals surface area contributed by atoms with Gasteiger partial charge in [0.15, 0.2) is 11.5 Å². The summed E-state index contributed by atoms with van der Waals surface area (Å²) in [5.41, 5.74) is 7.75. The molecule has 7 heteroatoms. The zero-order valence-corrected chi connectivity index (χ0v) is 17.8. The van der Waals surface area contributed by atoms with Crippen molar-refractivity contribution in [1.29, 1.82) is 0 Å².